The number of amides is 1. The number of piperidine rings is 1. The first-order valence-electron chi connectivity index (χ1n) is 8.62. The number of benzene rings is 1. The number of aryl methyl sites for hydroxylation is 1. The fourth-order valence-corrected chi connectivity index (χ4v) is 3.87. The van der Waals surface area contributed by atoms with Gasteiger partial charge in [0, 0.05) is 37.6 Å². The maximum atomic E-state index is 12.9. The van der Waals surface area contributed by atoms with Crippen molar-refractivity contribution in [1.82, 2.24) is 14.9 Å². The monoisotopic (exact) mass is 322 g/mol. The molecule has 2 atom stereocenters. The Labute approximate surface area is 142 Å². The van der Waals surface area contributed by atoms with Crippen LogP contribution in [0.5, 0.6) is 0 Å². The molecule has 1 aromatic carbocycles. The van der Waals surface area contributed by atoms with Gasteiger partial charge >= 0.3 is 0 Å². The molecule has 0 radical (unpaired) electrons. The van der Waals surface area contributed by atoms with Gasteiger partial charge in [-0.2, -0.15) is 0 Å². The van der Waals surface area contributed by atoms with Gasteiger partial charge in [0.1, 0.15) is 0 Å². The van der Waals surface area contributed by atoms with Crippen LogP contribution in [-0.2, 0) is 0 Å². The summed E-state index contributed by atoms with van der Waals surface area (Å²) in [6, 6.07) is 9.86. The summed E-state index contributed by atoms with van der Waals surface area (Å²) in [6.45, 7) is 4.64. The maximum absolute atomic E-state index is 12.9. The lowest BCUT2D eigenvalue weighted by atomic mass is 9.92. The zero-order chi connectivity index (χ0) is 16.5. The van der Waals surface area contributed by atoms with E-state index in [1.165, 1.54) is 0 Å². The van der Waals surface area contributed by atoms with Crippen molar-refractivity contribution in [2.75, 3.05) is 24.5 Å². The summed E-state index contributed by atoms with van der Waals surface area (Å²) in [4.78, 5) is 26.1. The number of anilines is 1. The van der Waals surface area contributed by atoms with E-state index in [-0.39, 0.29) is 11.9 Å². The predicted octanol–water partition coefficient (Wildman–Crippen LogP) is 2.53. The molecule has 0 spiro atoms. The van der Waals surface area contributed by atoms with Gasteiger partial charge in [-0.25, -0.2) is 9.97 Å². The molecule has 2 aromatic rings. The number of carbonyl (C=O) groups excluding carboxylic acids is 1. The van der Waals surface area contributed by atoms with Crippen molar-refractivity contribution in [2.24, 2.45) is 5.92 Å². The number of rotatable bonds is 2. The molecule has 2 saturated heterocycles. The van der Waals surface area contributed by atoms with Crippen LogP contribution in [0.3, 0.4) is 0 Å². The average Bonchev–Trinajstić information content (AvgIpc) is 3.05. The predicted molar refractivity (Wildman–Crippen MR) is 93.0 cm³/mol. The molecule has 5 nitrogen and oxygen atoms in total. The Balaban J connectivity index is 1.53. The average molecular weight is 322 g/mol. The number of likely N-dealkylation sites (tertiary alicyclic amines) is 1. The minimum atomic E-state index is 0.148. The first kappa shape index (κ1) is 15.1. The summed E-state index contributed by atoms with van der Waals surface area (Å²) < 4.78 is 0. The molecule has 2 unspecified atom stereocenters. The molecular weight excluding hydrogens is 300 g/mol. The van der Waals surface area contributed by atoms with Crippen molar-refractivity contribution < 1.29 is 4.79 Å². The molecule has 4 rings (SSSR count). The Morgan fingerprint density at radius 2 is 1.79 bits per heavy atom. The lowest BCUT2D eigenvalue weighted by molar-refractivity contribution is 0.0712. The standard InChI is InChI=1S/C19H22N4O/c1-14-11-20-19(21-12-14)22-9-7-15-8-10-23(17(15)13-22)18(24)16-5-3-2-4-6-16/h2-6,11-12,15,17H,7-10,13H2,1H3. The highest BCUT2D eigenvalue weighted by Crippen LogP contribution is 2.33. The van der Waals surface area contributed by atoms with Crippen LogP contribution < -0.4 is 4.90 Å². The molecule has 0 saturated carbocycles. The molecule has 0 N–H and O–H groups in total. The van der Waals surface area contributed by atoms with Crippen molar-refractivity contribution in [2.45, 2.75) is 25.8 Å². The first-order valence-corrected chi connectivity index (χ1v) is 8.62. The van der Waals surface area contributed by atoms with E-state index in [1.54, 1.807) is 0 Å². The molecule has 2 aliphatic heterocycles. The third-order valence-corrected chi connectivity index (χ3v) is 5.19. The fourth-order valence-electron chi connectivity index (χ4n) is 3.87. The van der Waals surface area contributed by atoms with Crippen LogP contribution >= 0.6 is 0 Å². The minimum Gasteiger partial charge on any atom is -0.339 e. The summed E-state index contributed by atoms with van der Waals surface area (Å²) in [5, 5.41) is 0. The van der Waals surface area contributed by atoms with E-state index >= 15 is 0 Å². The summed E-state index contributed by atoms with van der Waals surface area (Å²) in [5.41, 5.74) is 1.84. The molecular formula is C19H22N4O. The van der Waals surface area contributed by atoms with E-state index in [2.05, 4.69) is 19.8 Å². The second-order valence-corrected chi connectivity index (χ2v) is 6.78. The first-order chi connectivity index (χ1) is 11.7. The topological polar surface area (TPSA) is 49.3 Å². The molecule has 2 fully saturated rings. The Morgan fingerprint density at radius 1 is 1.08 bits per heavy atom. The van der Waals surface area contributed by atoms with Crippen molar-refractivity contribution >= 4 is 11.9 Å². The van der Waals surface area contributed by atoms with Crippen LogP contribution in [-0.4, -0.2) is 46.5 Å². The second-order valence-electron chi connectivity index (χ2n) is 6.78. The zero-order valence-electron chi connectivity index (χ0n) is 13.9. The van der Waals surface area contributed by atoms with Crippen molar-refractivity contribution in [3.63, 3.8) is 0 Å². The van der Waals surface area contributed by atoms with Gasteiger partial charge in [0.2, 0.25) is 5.95 Å². The number of hydrogen-bond acceptors (Lipinski definition) is 4. The number of aromatic nitrogens is 2. The van der Waals surface area contributed by atoms with Gasteiger partial charge in [-0.1, -0.05) is 18.2 Å². The Morgan fingerprint density at radius 3 is 2.54 bits per heavy atom. The fraction of sp³-hybridized carbons (Fsp3) is 0.421. The van der Waals surface area contributed by atoms with Crippen LogP contribution in [0, 0.1) is 12.8 Å². The van der Waals surface area contributed by atoms with Crippen LogP contribution in [0.2, 0.25) is 0 Å². The molecule has 1 amide bonds. The second kappa shape index (κ2) is 6.23. The Bertz CT molecular complexity index is 716. The van der Waals surface area contributed by atoms with Crippen LogP contribution in [0.1, 0.15) is 28.8 Å². The molecule has 2 aliphatic rings. The van der Waals surface area contributed by atoms with Crippen LogP contribution in [0.4, 0.5) is 5.95 Å². The van der Waals surface area contributed by atoms with Gasteiger partial charge in [-0.3, -0.25) is 4.79 Å². The summed E-state index contributed by atoms with van der Waals surface area (Å²) in [6.07, 6.45) is 5.91. The highest BCUT2D eigenvalue weighted by atomic mass is 16.2. The summed E-state index contributed by atoms with van der Waals surface area (Å²) in [7, 11) is 0. The van der Waals surface area contributed by atoms with Gasteiger partial charge in [0.25, 0.3) is 5.91 Å². The molecule has 0 bridgehead atoms. The van der Waals surface area contributed by atoms with Gasteiger partial charge in [-0.05, 0) is 43.4 Å². The number of nitrogens with zero attached hydrogens (tertiary/aromatic N) is 4. The molecule has 5 heteroatoms. The summed E-state index contributed by atoms with van der Waals surface area (Å²) in [5.74, 6) is 1.52. The molecule has 1 aromatic heterocycles. The zero-order valence-corrected chi connectivity index (χ0v) is 13.9. The number of hydrogen-bond donors (Lipinski definition) is 0. The van der Waals surface area contributed by atoms with E-state index in [4.69, 9.17) is 0 Å². The molecule has 24 heavy (non-hydrogen) atoms. The van der Waals surface area contributed by atoms with Crippen molar-refractivity contribution in [3.8, 4) is 0 Å². The van der Waals surface area contributed by atoms with E-state index in [1.807, 2.05) is 49.6 Å². The van der Waals surface area contributed by atoms with E-state index in [0.29, 0.717) is 5.92 Å². The quantitative estimate of drug-likeness (QED) is 0.852. The third-order valence-electron chi connectivity index (χ3n) is 5.19. The minimum absolute atomic E-state index is 0.148. The maximum Gasteiger partial charge on any atom is 0.254 e. The van der Waals surface area contributed by atoms with Gasteiger partial charge in [0.05, 0.1) is 6.04 Å². The van der Waals surface area contributed by atoms with Gasteiger partial charge in [-0.15, -0.1) is 0 Å². The third kappa shape index (κ3) is 2.75. The molecule has 3 heterocycles. The van der Waals surface area contributed by atoms with E-state index in [9.17, 15) is 4.79 Å². The molecule has 0 aliphatic carbocycles. The lowest BCUT2D eigenvalue weighted by Gasteiger charge is -2.38. The number of fused-ring (bicyclic) bond motifs is 1. The highest BCUT2D eigenvalue weighted by Gasteiger charge is 2.41. The largest absolute Gasteiger partial charge is 0.339 e. The Kier molecular flexibility index (Phi) is 3.92. The van der Waals surface area contributed by atoms with Gasteiger partial charge < -0.3 is 9.80 Å². The van der Waals surface area contributed by atoms with Gasteiger partial charge in [0.15, 0.2) is 0 Å². The normalized spacial score (nSPS) is 23.2. The van der Waals surface area contributed by atoms with E-state index < -0.39 is 0 Å². The summed E-state index contributed by atoms with van der Waals surface area (Å²) >= 11 is 0. The van der Waals surface area contributed by atoms with E-state index in [0.717, 1.165) is 49.6 Å². The smallest absolute Gasteiger partial charge is 0.254 e. The SMILES string of the molecule is Cc1cnc(N2CCC3CCN(C(=O)c4ccccc4)C3C2)nc1. The van der Waals surface area contributed by atoms with Crippen LogP contribution in [0.25, 0.3) is 0 Å². The lowest BCUT2D eigenvalue weighted by Crippen LogP contribution is -2.50. The van der Waals surface area contributed by atoms with Crippen LogP contribution in [0.15, 0.2) is 42.7 Å². The Hall–Kier alpha value is -2.43. The highest BCUT2D eigenvalue weighted by molar-refractivity contribution is 5.94. The van der Waals surface area contributed by atoms with Crippen molar-refractivity contribution in [1.29, 1.82) is 0 Å². The van der Waals surface area contributed by atoms with Crippen molar-refractivity contribution in [3.05, 3.63) is 53.9 Å². The molecule has 124 valence electrons. The number of carbonyl (C=O) groups is 1.